The topological polar surface area (TPSA) is 83.8 Å². The van der Waals surface area contributed by atoms with Crippen LogP contribution in [0.1, 0.15) is 15.9 Å². The fourth-order valence-electron chi connectivity index (χ4n) is 1.43. The standard InChI is InChI=1S/C11H9ClF2N4O/c12-7-2-8(13)6(1-9(7)14)11(19)16-3-5-4-17-18-10(5)15/h1-2,4H,3H2,(H,16,19)(H3,15,17,18). The van der Waals surface area contributed by atoms with Gasteiger partial charge in [-0.25, -0.2) is 8.78 Å². The number of hydrogen-bond donors (Lipinski definition) is 3. The van der Waals surface area contributed by atoms with Crippen molar-refractivity contribution in [3.8, 4) is 0 Å². The van der Waals surface area contributed by atoms with E-state index in [2.05, 4.69) is 15.5 Å². The number of halogens is 3. The molecule has 1 amide bonds. The fourth-order valence-corrected chi connectivity index (χ4v) is 1.58. The number of hydrogen-bond acceptors (Lipinski definition) is 3. The number of nitrogens with one attached hydrogen (secondary N) is 2. The van der Waals surface area contributed by atoms with Crippen LogP contribution < -0.4 is 11.1 Å². The highest BCUT2D eigenvalue weighted by molar-refractivity contribution is 6.30. The molecular weight excluding hydrogens is 278 g/mol. The van der Waals surface area contributed by atoms with E-state index < -0.39 is 23.1 Å². The highest BCUT2D eigenvalue weighted by atomic mass is 35.5. The lowest BCUT2D eigenvalue weighted by atomic mass is 10.2. The van der Waals surface area contributed by atoms with E-state index in [0.717, 1.165) is 12.1 Å². The molecule has 4 N–H and O–H groups in total. The lowest BCUT2D eigenvalue weighted by Gasteiger charge is -2.06. The monoisotopic (exact) mass is 286 g/mol. The van der Waals surface area contributed by atoms with Crippen molar-refractivity contribution in [2.24, 2.45) is 0 Å². The Kier molecular flexibility index (Phi) is 3.66. The van der Waals surface area contributed by atoms with Gasteiger partial charge in [-0.2, -0.15) is 5.10 Å². The van der Waals surface area contributed by atoms with Gasteiger partial charge in [-0.1, -0.05) is 11.6 Å². The molecule has 0 radical (unpaired) electrons. The van der Waals surface area contributed by atoms with Gasteiger partial charge in [0.05, 0.1) is 16.8 Å². The van der Waals surface area contributed by atoms with Crippen LogP contribution in [0, 0.1) is 11.6 Å². The second-order valence-electron chi connectivity index (χ2n) is 3.74. The first kappa shape index (κ1) is 13.3. The van der Waals surface area contributed by atoms with Gasteiger partial charge in [0.25, 0.3) is 5.91 Å². The summed E-state index contributed by atoms with van der Waals surface area (Å²) in [4.78, 5) is 11.7. The summed E-state index contributed by atoms with van der Waals surface area (Å²) in [5.74, 6) is -2.24. The van der Waals surface area contributed by atoms with Gasteiger partial charge < -0.3 is 11.1 Å². The Morgan fingerprint density at radius 3 is 2.79 bits per heavy atom. The second-order valence-corrected chi connectivity index (χ2v) is 4.14. The van der Waals surface area contributed by atoms with Crippen LogP contribution in [0.15, 0.2) is 18.3 Å². The van der Waals surface area contributed by atoms with E-state index >= 15 is 0 Å². The minimum absolute atomic E-state index is 0.0465. The number of aromatic nitrogens is 2. The predicted molar refractivity (Wildman–Crippen MR) is 65.5 cm³/mol. The molecule has 0 aliphatic rings. The zero-order valence-corrected chi connectivity index (χ0v) is 10.3. The van der Waals surface area contributed by atoms with Crippen molar-refractivity contribution in [3.63, 3.8) is 0 Å². The number of nitrogens with two attached hydrogens (primary N) is 1. The molecule has 0 saturated heterocycles. The molecule has 19 heavy (non-hydrogen) atoms. The van der Waals surface area contributed by atoms with E-state index in [9.17, 15) is 13.6 Å². The molecule has 0 atom stereocenters. The zero-order chi connectivity index (χ0) is 14.0. The van der Waals surface area contributed by atoms with Crippen LogP contribution in [-0.4, -0.2) is 16.1 Å². The highest BCUT2D eigenvalue weighted by Gasteiger charge is 2.15. The molecule has 2 rings (SSSR count). The van der Waals surface area contributed by atoms with Gasteiger partial charge in [0.1, 0.15) is 17.5 Å². The molecule has 5 nitrogen and oxygen atoms in total. The van der Waals surface area contributed by atoms with Crippen LogP contribution in [0.3, 0.4) is 0 Å². The molecule has 8 heteroatoms. The largest absolute Gasteiger partial charge is 0.384 e. The van der Waals surface area contributed by atoms with Gasteiger partial charge >= 0.3 is 0 Å². The number of carbonyl (C=O) groups is 1. The fraction of sp³-hybridized carbons (Fsp3) is 0.0909. The average molecular weight is 287 g/mol. The molecule has 1 heterocycles. The van der Waals surface area contributed by atoms with Crippen LogP contribution >= 0.6 is 11.6 Å². The number of amides is 1. The molecule has 0 unspecified atom stereocenters. The minimum Gasteiger partial charge on any atom is -0.384 e. The number of benzene rings is 1. The van der Waals surface area contributed by atoms with E-state index in [4.69, 9.17) is 17.3 Å². The van der Waals surface area contributed by atoms with E-state index in [1.165, 1.54) is 6.20 Å². The van der Waals surface area contributed by atoms with Gasteiger partial charge in [-0.05, 0) is 12.1 Å². The summed E-state index contributed by atoms with van der Waals surface area (Å²) in [7, 11) is 0. The summed E-state index contributed by atoms with van der Waals surface area (Å²) in [5.41, 5.74) is 5.64. The van der Waals surface area contributed by atoms with Crippen LogP contribution in [-0.2, 0) is 6.54 Å². The Morgan fingerprint density at radius 2 is 2.16 bits per heavy atom. The number of rotatable bonds is 3. The summed E-state index contributed by atoms with van der Waals surface area (Å²) < 4.78 is 26.7. The molecule has 0 aliphatic carbocycles. The van der Waals surface area contributed by atoms with Crippen LogP contribution in [0.2, 0.25) is 5.02 Å². The highest BCUT2D eigenvalue weighted by Crippen LogP contribution is 2.19. The van der Waals surface area contributed by atoms with Crippen LogP contribution in [0.5, 0.6) is 0 Å². The Balaban J connectivity index is 2.12. The minimum atomic E-state index is -0.899. The molecule has 1 aromatic carbocycles. The summed E-state index contributed by atoms with van der Waals surface area (Å²) in [6.45, 7) is 0.0465. The maximum atomic E-state index is 13.5. The van der Waals surface area contributed by atoms with Gasteiger partial charge in [-0.15, -0.1) is 0 Å². The Labute approximate surface area is 111 Å². The first-order chi connectivity index (χ1) is 8.99. The van der Waals surface area contributed by atoms with E-state index in [0.29, 0.717) is 11.4 Å². The number of aromatic amines is 1. The third kappa shape index (κ3) is 2.82. The van der Waals surface area contributed by atoms with E-state index in [1.54, 1.807) is 0 Å². The molecular formula is C11H9ClF2N4O. The first-order valence-electron chi connectivity index (χ1n) is 5.19. The smallest absolute Gasteiger partial charge is 0.254 e. The van der Waals surface area contributed by atoms with Crippen molar-refractivity contribution in [2.45, 2.75) is 6.54 Å². The molecule has 1 aromatic heterocycles. The number of carbonyl (C=O) groups excluding carboxylic acids is 1. The quantitative estimate of drug-likeness (QED) is 0.753. The van der Waals surface area contributed by atoms with Gasteiger partial charge in [0.15, 0.2) is 0 Å². The predicted octanol–water partition coefficient (Wildman–Crippen LogP) is 1.85. The summed E-state index contributed by atoms with van der Waals surface area (Å²) in [5, 5.41) is 8.17. The van der Waals surface area contributed by atoms with Crippen molar-refractivity contribution in [2.75, 3.05) is 5.73 Å². The second kappa shape index (κ2) is 5.23. The number of anilines is 1. The molecule has 0 fully saturated rings. The first-order valence-corrected chi connectivity index (χ1v) is 5.57. The van der Waals surface area contributed by atoms with Gasteiger partial charge in [0.2, 0.25) is 0 Å². The SMILES string of the molecule is Nc1[nH]ncc1CNC(=O)c1cc(F)c(Cl)cc1F. The summed E-state index contributed by atoms with van der Waals surface area (Å²) >= 11 is 5.39. The van der Waals surface area contributed by atoms with Crippen LogP contribution in [0.4, 0.5) is 14.6 Å². The molecule has 0 saturated carbocycles. The third-order valence-corrected chi connectivity index (χ3v) is 2.73. The van der Waals surface area contributed by atoms with Crippen molar-refractivity contribution >= 4 is 23.3 Å². The Morgan fingerprint density at radius 1 is 1.42 bits per heavy atom. The summed E-state index contributed by atoms with van der Waals surface area (Å²) in [6.07, 6.45) is 1.43. The number of nitrogen functional groups attached to an aromatic ring is 1. The van der Waals surface area contributed by atoms with Gasteiger partial charge in [0, 0.05) is 12.1 Å². The molecule has 0 bridgehead atoms. The lowest BCUT2D eigenvalue weighted by Crippen LogP contribution is -2.24. The maximum Gasteiger partial charge on any atom is 0.254 e. The third-order valence-electron chi connectivity index (χ3n) is 2.45. The summed E-state index contributed by atoms with van der Waals surface area (Å²) in [6, 6.07) is 1.49. The van der Waals surface area contributed by atoms with Crippen molar-refractivity contribution in [3.05, 3.63) is 46.1 Å². The number of H-pyrrole nitrogens is 1. The average Bonchev–Trinajstić information content (AvgIpc) is 2.76. The number of nitrogens with zero attached hydrogens (tertiary/aromatic N) is 1. The van der Waals surface area contributed by atoms with Crippen molar-refractivity contribution < 1.29 is 13.6 Å². The molecule has 0 spiro atoms. The molecule has 2 aromatic rings. The van der Waals surface area contributed by atoms with Crippen molar-refractivity contribution in [1.29, 1.82) is 0 Å². The van der Waals surface area contributed by atoms with E-state index in [1.807, 2.05) is 0 Å². The van der Waals surface area contributed by atoms with E-state index in [-0.39, 0.29) is 11.6 Å². The van der Waals surface area contributed by atoms with Gasteiger partial charge in [-0.3, -0.25) is 9.89 Å². The molecule has 100 valence electrons. The Bertz CT molecular complexity index is 629. The Hall–Kier alpha value is -2.15. The normalized spacial score (nSPS) is 10.5. The lowest BCUT2D eigenvalue weighted by molar-refractivity contribution is 0.0946. The van der Waals surface area contributed by atoms with Crippen molar-refractivity contribution in [1.82, 2.24) is 15.5 Å². The van der Waals surface area contributed by atoms with Crippen LogP contribution in [0.25, 0.3) is 0 Å². The zero-order valence-electron chi connectivity index (χ0n) is 9.51. The maximum absolute atomic E-state index is 13.5. The molecule has 0 aliphatic heterocycles.